The smallest absolute Gasteiger partial charge is 0.334 e. The predicted octanol–water partition coefficient (Wildman–Crippen LogP) is 1.35. The van der Waals surface area contributed by atoms with Crippen molar-refractivity contribution in [1.29, 1.82) is 0 Å². The van der Waals surface area contributed by atoms with E-state index in [1.807, 2.05) is 0 Å². The molecule has 0 spiro atoms. The first-order valence-corrected chi connectivity index (χ1v) is 4.92. The van der Waals surface area contributed by atoms with Crippen LogP contribution in [0.15, 0.2) is 0 Å². The van der Waals surface area contributed by atoms with E-state index in [2.05, 4.69) is 11.7 Å². The Morgan fingerprint density at radius 2 is 2.08 bits per heavy atom. The summed E-state index contributed by atoms with van der Waals surface area (Å²) in [4.78, 5) is 11.1. The van der Waals surface area contributed by atoms with Crippen LogP contribution >= 0.6 is 0 Å². The van der Waals surface area contributed by atoms with Crippen molar-refractivity contribution in [2.45, 2.75) is 38.7 Å². The molecule has 0 amide bonds. The molecule has 1 N–H and O–H groups in total. The highest BCUT2D eigenvalue weighted by Gasteiger charge is 2.32. The number of esters is 1. The fraction of sp³-hybridized carbons (Fsp3) is 0.900. The number of carbonyl (C=O) groups is 1. The molecule has 0 aliphatic heterocycles. The van der Waals surface area contributed by atoms with Crippen LogP contribution in [0.3, 0.4) is 0 Å². The minimum Gasteiger partial charge on any atom is -0.467 e. The van der Waals surface area contributed by atoms with E-state index in [-0.39, 0.29) is 5.92 Å². The van der Waals surface area contributed by atoms with Crippen LogP contribution in [0.25, 0.3) is 0 Å². The van der Waals surface area contributed by atoms with Gasteiger partial charge in [-0.1, -0.05) is 26.2 Å². The molecule has 0 bridgehead atoms. The maximum atomic E-state index is 11.1. The zero-order chi connectivity index (χ0) is 9.84. The van der Waals surface area contributed by atoms with Gasteiger partial charge in [-0.15, -0.1) is 0 Å². The Kier molecular flexibility index (Phi) is 3.72. The van der Waals surface area contributed by atoms with Crippen LogP contribution in [0, 0.1) is 11.8 Å². The summed E-state index contributed by atoms with van der Waals surface area (Å²) in [6, 6.07) is 0. The second-order valence-corrected chi connectivity index (χ2v) is 3.89. The van der Waals surface area contributed by atoms with Crippen molar-refractivity contribution in [3.63, 3.8) is 0 Å². The molecule has 0 radical (unpaired) electrons. The maximum absolute atomic E-state index is 11.1. The third-order valence-corrected chi connectivity index (χ3v) is 3.03. The van der Waals surface area contributed by atoms with E-state index in [0.29, 0.717) is 5.92 Å². The summed E-state index contributed by atoms with van der Waals surface area (Å²) in [5.74, 6) is 0.0443. The standard InChI is InChI=1S/C10H18O3/c1-7-5-3-4-6-8(7)9(11)10(12)13-2/h7-9,11H,3-6H2,1-2H3. The first-order valence-electron chi connectivity index (χ1n) is 4.92. The van der Waals surface area contributed by atoms with Gasteiger partial charge in [0.2, 0.25) is 0 Å². The molecule has 3 atom stereocenters. The summed E-state index contributed by atoms with van der Waals surface area (Å²) in [5.41, 5.74) is 0. The van der Waals surface area contributed by atoms with E-state index in [1.165, 1.54) is 13.5 Å². The highest BCUT2D eigenvalue weighted by molar-refractivity contribution is 5.74. The number of methoxy groups -OCH3 is 1. The topological polar surface area (TPSA) is 46.5 Å². The summed E-state index contributed by atoms with van der Waals surface area (Å²) in [7, 11) is 1.32. The lowest BCUT2D eigenvalue weighted by molar-refractivity contribution is -0.155. The number of rotatable bonds is 2. The molecule has 1 aliphatic rings. The Hall–Kier alpha value is -0.570. The number of aliphatic hydroxyl groups excluding tert-OH is 1. The lowest BCUT2D eigenvalue weighted by Crippen LogP contribution is -2.36. The Labute approximate surface area is 79.1 Å². The van der Waals surface area contributed by atoms with Gasteiger partial charge >= 0.3 is 5.97 Å². The predicted molar refractivity (Wildman–Crippen MR) is 49.1 cm³/mol. The van der Waals surface area contributed by atoms with Crippen molar-refractivity contribution in [1.82, 2.24) is 0 Å². The van der Waals surface area contributed by atoms with Gasteiger partial charge in [0.25, 0.3) is 0 Å². The van der Waals surface area contributed by atoms with E-state index in [9.17, 15) is 9.90 Å². The van der Waals surface area contributed by atoms with Crippen LogP contribution in [0.1, 0.15) is 32.6 Å². The largest absolute Gasteiger partial charge is 0.467 e. The van der Waals surface area contributed by atoms with Gasteiger partial charge in [0.05, 0.1) is 7.11 Å². The Bertz CT molecular complexity index is 179. The van der Waals surface area contributed by atoms with Gasteiger partial charge in [-0.05, 0) is 18.3 Å². The summed E-state index contributed by atoms with van der Waals surface area (Å²) in [6.45, 7) is 2.09. The minimum atomic E-state index is -0.916. The molecule has 3 unspecified atom stereocenters. The molecule has 1 fully saturated rings. The maximum Gasteiger partial charge on any atom is 0.334 e. The summed E-state index contributed by atoms with van der Waals surface area (Å²) < 4.78 is 4.52. The number of ether oxygens (including phenoxy) is 1. The molecule has 3 nitrogen and oxygen atoms in total. The Morgan fingerprint density at radius 1 is 1.46 bits per heavy atom. The second kappa shape index (κ2) is 4.61. The minimum absolute atomic E-state index is 0.0983. The molecular weight excluding hydrogens is 168 g/mol. The third-order valence-electron chi connectivity index (χ3n) is 3.03. The molecule has 76 valence electrons. The van der Waals surface area contributed by atoms with Gasteiger partial charge in [0, 0.05) is 0 Å². The lowest BCUT2D eigenvalue weighted by atomic mass is 9.77. The van der Waals surface area contributed by atoms with Crippen LogP contribution in [0.5, 0.6) is 0 Å². The van der Waals surface area contributed by atoms with Gasteiger partial charge in [-0.2, -0.15) is 0 Å². The molecule has 0 heterocycles. The fourth-order valence-corrected chi connectivity index (χ4v) is 2.11. The first kappa shape index (κ1) is 10.5. The number of aliphatic hydroxyl groups is 1. The van der Waals surface area contributed by atoms with Crippen molar-refractivity contribution < 1.29 is 14.6 Å². The van der Waals surface area contributed by atoms with Crippen molar-refractivity contribution >= 4 is 5.97 Å². The molecular formula is C10H18O3. The highest BCUT2D eigenvalue weighted by atomic mass is 16.5. The van der Waals surface area contributed by atoms with Crippen LogP contribution in [0.4, 0.5) is 0 Å². The van der Waals surface area contributed by atoms with E-state index in [0.717, 1.165) is 19.3 Å². The average Bonchev–Trinajstić information content (AvgIpc) is 2.16. The quantitative estimate of drug-likeness (QED) is 0.662. The molecule has 1 aliphatic carbocycles. The van der Waals surface area contributed by atoms with E-state index < -0.39 is 12.1 Å². The number of hydrogen-bond acceptors (Lipinski definition) is 3. The first-order chi connectivity index (χ1) is 6.16. The SMILES string of the molecule is COC(=O)C(O)C1CCCCC1C. The fourth-order valence-electron chi connectivity index (χ4n) is 2.11. The molecule has 0 aromatic carbocycles. The normalized spacial score (nSPS) is 31.0. The lowest BCUT2D eigenvalue weighted by Gasteiger charge is -2.30. The average molecular weight is 186 g/mol. The number of hydrogen-bond donors (Lipinski definition) is 1. The molecule has 0 aromatic heterocycles. The van der Waals surface area contributed by atoms with Gasteiger partial charge in [-0.3, -0.25) is 0 Å². The zero-order valence-electron chi connectivity index (χ0n) is 8.32. The van der Waals surface area contributed by atoms with Crippen LogP contribution < -0.4 is 0 Å². The van der Waals surface area contributed by atoms with Gasteiger partial charge in [0.1, 0.15) is 0 Å². The summed E-state index contributed by atoms with van der Waals surface area (Å²) >= 11 is 0. The molecule has 0 aromatic rings. The van der Waals surface area contributed by atoms with Crippen molar-refractivity contribution in [2.75, 3.05) is 7.11 Å². The van der Waals surface area contributed by atoms with Crippen LogP contribution in [-0.4, -0.2) is 24.3 Å². The Balaban J connectivity index is 2.53. The van der Waals surface area contributed by atoms with Gasteiger partial charge in [0.15, 0.2) is 6.10 Å². The molecule has 1 rings (SSSR count). The monoisotopic (exact) mass is 186 g/mol. The van der Waals surface area contributed by atoms with Crippen molar-refractivity contribution in [3.8, 4) is 0 Å². The van der Waals surface area contributed by atoms with Crippen LogP contribution in [0.2, 0.25) is 0 Å². The molecule has 0 saturated heterocycles. The second-order valence-electron chi connectivity index (χ2n) is 3.89. The summed E-state index contributed by atoms with van der Waals surface area (Å²) in [5, 5.41) is 9.64. The van der Waals surface area contributed by atoms with E-state index in [1.54, 1.807) is 0 Å². The van der Waals surface area contributed by atoms with Crippen molar-refractivity contribution in [2.24, 2.45) is 11.8 Å². The highest BCUT2D eigenvalue weighted by Crippen LogP contribution is 2.32. The van der Waals surface area contributed by atoms with Gasteiger partial charge < -0.3 is 9.84 Å². The van der Waals surface area contributed by atoms with E-state index >= 15 is 0 Å². The Morgan fingerprint density at radius 3 is 2.62 bits per heavy atom. The number of carbonyl (C=O) groups excluding carboxylic acids is 1. The zero-order valence-corrected chi connectivity index (χ0v) is 8.32. The molecule has 1 saturated carbocycles. The third kappa shape index (κ3) is 2.44. The summed E-state index contributed by atoms with van der Waals surface area (Å²) in [6.07, 6.45) is 3.46. The molecule has 3 heteroatoms. The van der Waals surface area contributed by atoms with E-state index in [4.69, 9.17) is 0 Å². The van der Waals surface area contributed by atoms with Crippen LogP contribution in [-0.2, 0) is 9.53 Å². The van der Waals surface area contributed by atoms with Crippen molar-refractivity contribution in [3.05, 3.63) is 0 Å². The van der Waals surface area contributed by atoms with Gasteiger partial charge in [-0.25, -0.2) is 4.79 Å². The molecule has 13 heavy (non-hydrogen) atoms.